The van der Waals surface area contributed by atoms with E-state index in [1.807, 2.05) is 0 Å². The number of nitrogens with zero attached hydrogens (tertiary/aromatic N) is 2. The summed E-state index contributed by atoms with van der Waals surface area (Å²) in [6.45, 7) is 0. The summed E-state index contributed by atoms with van der Waals surface area (Å²) < 4.78 is 0. The third-order valence-corrected chi connectivity index (χ3v) is 2.71. The molecule has 6 nitrogen and oxygen atoms in total. The number of rotatable bonds is 2. The first-order chi connectivity index (χ1) is 12.0. The molecule has 0 saturated heterocycles. The molecule has 0 heterocycles. The summed E-state index contributed by atoms with van der Waals surface area (Å²) in [6.07, 6.45) is 7.15. The number of hydrogen-bond acceptors (Lipinski definition) is 4. The van der Waals surface area contributed by atoms with Crippen LogP contribution in [0.15, 0.2) is 77.5 Å². The first-order valence-corrected chi connectivity index (χ1v) is 7.22. The third kappa shape index (κ3) is 14.3. The topological polar surface area (TPSA) is 86.3 Å². The molecule has 0 aliphatic heterocycles. The predicted molar refractivity (Wildman–Crippen MR) is 101 cm³/mol. The Kier molecular flexibility index (Phi) is 20.6. The van der Waals surface area contributed by atoms with Gasteiger partial charge in [-0.25, -0.2) is 0 Å². The summed E-state index contributed by atoms with van der Waals surface area (Å²) in [6, 6.07) is 17.4. The van der Waals surface area contributed by atoms with E-state index in [0.717, 1.165) is 5.03 Å². The average Bonchev–Trinajstić information content (AvgIpc) is 2.65. The zero-order valence-electron chi connectivity index (χ0n) is 14.0. The number of para-hydroxylation sites is 2. The molecule has 2 aromatic carbocycles. The molecule has 2 aromatic rings. The van der Waals surface area contributed by atoms with Crippen LogP contribution in [0.1, 0.15) is 0 Å². The van der Waals surface area contributed by atoms with Crippen LogP contribution in [-0.2, 0) is 0 Å². The third-order valence-electron chi connectivity index (χ3n) is 2.46. The van der Waals surface area contributed by atoms with Gasteiger partial charge in [-0.05, 0) is 30.4 Å². The molecule has 28 heavy (non-hydrogen) atoms. The molecule has 144 valence electrons. The Bertz CT molecular complexity index is 747. The summed E-state index contributed by atoms with van der Waals surface area (Å²) in [7, 11) is 0. The van der Waals surface area contributed by atoms with Gasteiger partial charge in [-0.1, -0.05) is 35.9 Å². The van der Waals surface area contributed by atoms with Gasteiger partial charge in [0.05, 0.1) is 22.0 Å². The molecule has 0 atom stereocenters. The summed E-state index contributed by atoms with van der Waals surface area (Å²) in [5, 5.41) is 20.7. The second-order valence-electron chi connectivity index (χ2n) is 4.23. The fourth-order valence-electron chi connectivity index (χ4n) is 1.36. The van der Waals surface area contributed by atoms with Gasteiger partial charge in [-0.2, -0.15) is 0 Å². The molecular formula is C18H12BiCl3N2O4. The van der Waals surface area contributed by atoms with Gasteiger partial charge >= 0.3 is 26.2 Å². The monoisotopic (exact) mass is 634 g/mol. The van der Waals surface area contributed by atoms with Crippen molar-refractivity contribution in [2.45, 2.75) is 0 Å². The molecule has 3 rings (SSSR count). The smallest absolute Gasteiger partial charge is 1.00 e. The quantitative estimate of drug-likeness (QED) is 0.173. The van der Waals surface area contributed by atoms with Crippen molar-refractivity contribution >= 4 is 49.2 Å². The van der Waals surface area contributed by atoms with Crippen LogP contribution >= 0.6 is 11.6 Å². The van der Waals surface area contributed by atoms with Crippen LogP contribution < -0.4 is 24.8 Å². The first kappa shape index (κ1) is 31.0. The van der Waals surface area contributed by atoms with E-state index in [9.17, 15) is 20.2 Å². The molecule has 0 aromatic heterocycles. The van der Waals surface area contributed by atoms with E-state index in [1.54, 1.807) is 48.9 Å². The molecule has 1 aliphatic rings. The van der Waals surface area contributed by atoms with E-state index < -0.39 is 9.85 Å². The Balaban J connectivity index is -0.000000320. The van der Waals surface area contributed by atoms with Gasteiger partial charge in [0.1, 0.15) is 0 Å². The fraction of sp³-hybridized carbons (Fsp3) is 0. The molecule has 0 spiro atoms. The number of allylic oxidation sites excluding steroid dienone is 3. The van der Waals surface area contributed by atoms with Crippen LogP contribution in [0.2, 0.25) is 0 Å². The summed E-state index contributed by atoms with van der Waals surface area (Å²) in [4.78, 5) is 19.0. The van der Waals surface area contributed by atoms with E-state index >= 15 is 0 Å². The van der Waals surface area contributed by atoms with Crippen molar-refractivity contribution in [2.24, 2.45) is 0 Å². The maximum absolute atomic E-state index is 9.98. The second kappa shape index (κ2) is 18.6. The van der Waals surface area contributed by atoms with Crippen LogP contribution in [0.5, 0.6) is 0 Å². The minimum absolute atomic E-state index is 0. The molecule has 0 saturated carbocycles. The number of nitro benzene ring substituents is 2. The van der Waals surface area contributed by atoms with Crippen molar-refractivity contribution in [3.05, 3.63) is 116 Å². The Morgan fingerprint density at radius 1 is 0.821 bits per heavy atom. The van der Waals surface area contributed by atoms with Crippen LogP contribution in [-0.4, -0.2) is 36.1 Å². The average molecular weight is 636 g/mol. The Morgan fingerprint density at radius 2 is 1.29 bits per heavy atom. The number of halogens is 3. The van der Waals surface area contributed by atoms with E-state index in [2.05, 4.69) is 17.9 Å². The van der Waals surface area contributed by atoms with E-state index in [1.165, 1.54) is 24.3 Å². The maximum Gasteiger partial charge on any atom is 2.00 e. The predicted octanol–water partition coefficient (Wildman–Crippen LogP) is -1.54. The summed E-state index contributed by atoms with van der Waals surface area (Å²) >= 11 is 5.52. The summed E-state index contributed by atoms with van der Waals surface area (Å²) in [5.41, 5.74) is 2.87. The normalized spacial score (nSPS) is 9.96. The number of nitro groups is 2. The Hall–Kier alpha value is -1.75. The molecular weight excluding hydrogens is 624 g/mol. The molecule has 0 fully saturated rings. The minimum Gasteiger partial charge on any atom is -1.00 e. The van der Waals surface area contributed by atoms with Crippen molar-refractivity contribution in [3.8, 4) is 0 Å². The standard InChI is InChI=1S/C6H4Cl.2C6H4NO2.Bi.2ClH/c7-6-4-2-1-3-5-6;2*8-7(9)6-4-2-1-3-5-6;;;/h2-5H;2*1-4H;;2*1H/q;;;+2;;/p-2. The maximum atomic E-state index is 9.98. The summed E-state index contributed by atoms with van der Waals surface area (Å²) in [5.74, 6) is 0. The molecule has 0 unspecified atom stereocenters. The largest absolute Gasteiger partial charge is 2.00 e. The zero-order valence-corrected chi connectivity index (χ0v) is 19.8. The number of hydrogen-bond donors (Lipinski definition) is 0. The van der Waals surface area contributed by atoms with Gasteiger partial charge in [-0.15, -0.1) is 5.73 Å². The van der Waals surface area contributed by atoms with Gasteiger partial charge in [0.15, 0.2) is 0 Å². The van der Waals surface area contributed by atoms with Crippen molar-refractivity contribution in [1.29, 1.82) is 0 Å². The van der Waals surface area contributed by atoms with Crippen molar-refractivity contribution in [3.63, 3.8) is 0 Å². The molecule has 1 aliphatic carbocycles. The molecule has 6 radical (unpaired) electrons. The van der Waals surface area contributed by atoms with Gasteiger partial charge in [0, 0.05) is 23.6 Å². The fourth-order valence-corrected chi connectivity index (χ4v) is 1.49. The van der Waals surface area contributed by atoms with E-state index in [4.69, 9.17) is 11.6 Å². The van der Waals surface area contributed by atoms with Gasteiger partial charge in [0.2, 0.25) is 0 Å². The first-order valence-electron chi connectivity index (χ1n) is 6.84. The SMILES string of the molecule is ClC1=CC=C=C[CH]1.O=[N+]([O-])c1[c]cccc1.O=[N+]([O-])c1[c]cccc1.[Bi+2].[Cl-].[Cl-]. The molecule has 0 amide bonds. The van der Waals surface area contributed by atoms with E-state index in [-0.39, 0.29) is 62.4 Å². The second-order valence-corrected chi connectivity index (χ2v) is 4.66. The van der Waals surface area contributed by atoms with Crippen LogP contribution in [0.4, 0.5) is 11.4 Å². The van der Waals surface area contributed by atoms with Gasteiger partial charge < -0.3 is 24.8 Å². The molecule has 10 heteroatoms. The molecule has 0 bridgehead atoms. The van der Waals surface area contributed by atoms with Gasteiger partial charge in [0.25, 0.3) is 11.4 Å². The van der Waals surface area contributed by atoms with Gasteiger partial charge in [-0.3, -0.25) is 20.2 Å². The Morgan fingerprint density at radius 3 is 1.46 bits per heavy atom. The van der Waals surface area contributed by atoms with Crippen LogP contribution in [0, 0.1) is 38.8 Å². The number of non-ortho nitro benzene ring substituents is 2. The minimum atomic E-state index is -0.472. The zero-order chi connectivity index (χ0) is 18.5. The Labute approximate surface area is 199 Å². The van der Waals surface area contributed by atoms with Crippen molar-refractivity contribution in [2.75, 3.05) is 0 Å². The van der Waals surface area contributed by atoms with Crippen LogP contribution in [0.25, 0.3) is 0 Å². The van der Waals surface area contributed by atoms with E-state index in [0.29, 0.717) is 0 Å². The molecule has 0 N–H and O–H groups in total. The van der Waals surface area contributed by atoms with Crippen LogP contribution in [0.3, 0.4) is 0 Å². The van der Waals surface area contributed by atoms with Crippen molar-refractivity contribution < 1.29 is 34.7 Å². The van der Waals surface area contributed by atoms with Crippen molar-refractivity contribution in [1.82, 2.24) is 0 Å². The number of benzene rings is 2.